The molecule has 2 fully saturated rings. The summed E-state index contributed by atoms with van der Waals surface area (Å²) < 4.78 is 5.22. The Labute approximate surface area is 149 Å². The van der Waals surface area contributed by atoms with Crippen molar-refractivity contribution >= 4 is 11.8 Å². The number of hydrogen-bond acceptors (Lipinski definition) is 5. The summed E-state index contributed by atoms with van der Waals surface area (Å²) in [6.45, 7) is 4.45. The Bertz CT molecular complexity index is 606. The van der Waals surface area contributed by atoms with E-state index in [9.17, 15) is 9.59 Å². The van der Waals surface area contributed by atoms with E-state index in [0.717, 1.165) is 26.2 Å². The Hall–Kier alpha value is -1.86. The van der Waals surface area contributed by atoms with Crippen molar-refractivity contribution < 1.29 is 14.0 Å². The van der Waals surface area contributed by atoms with Gasteiger partial charge in [-0.3, -0.25) is 14.5 Å². The molecule has 2 saturated heterocycles. The molecular weight excluding hydrogens is 320 g/mol. The van der Waals surface area contributed by atoms with Gasteiger partial charge in [0.25, 0.3) is 5.91 Å². The maximum absolute atomic E-state index is 13.2. The van der Waals surface area contributed by atoms with Gasteiger partial charge in [0, 0.05) is 39.3 Å². The smallest absolute Gasteiger partial charge is 0.289 e. The summed E-state index contributed by atoms with van der Waals surface area (Å²) >= 11 is 0. The van der Waals surface area contributed by atoms with Gasteiger partial charge in [-0.2, -0.15) is 0 Å². The maximum Gasteiger partial charge on any atom is 0.289 e. The standard InChI is InChI=1S/C18H28N4O3/c1-19(2)10-12-22-13-11-20(3)18(17(22)24)6-8-21(9-7-18)16(23)15-5-4-14-25-15/h4-5,14H,6-13H2,1-3H3. The number of carbonyl (C=O) groups is 2. The first kappa shape index (κ1) is 17.9. The molecule has 0 radical (unpaired) electrons. The van der Waals surface area contributed by atoms with Gasteiger partial charge in [-0.1, -0.05) is 0 Å². The van der Waals surface area contributed by atoms with Crippen molar-refractivity contribution in [2.24, 2.45) is 0 Å². The number of furan rings is 1. The predicted molar refractivity (Wildman–Crippen MR) is 94.3 cm³/mol. The van der Waals surface area contributed by atoms with Crippen LogP contribution >= 0.6 is 0 Å². The number of likely N-dealkylation sites (N-methyl/N-ethyl adjacent to an activating group) is 2. The van der Waals surface area contributed by atoms with E-state index in [4.69, 9.17) is 4.42 Å². The summed E-state index contributed by atoms with van der Waals surface area (Å²) in [5.41, 5.74) is -0.468. The van der Waals surface area contributed by atoms with Gasteiger partial charge in [0.2, 0.25) is 5.91 Å². The molecule has 3 heterocycles. The van der Waals surface area contributed by atoms with Crippen molar-refractivity contribution in [1.29, 1.82) is 0 Å². The molecule has 25 heavy (non-hydrogen) atoms. The molecule has 2 aliphatic heterocycles. The number of likely N-dealkylation sites (tertiary alicyclic amines) is 1. The zero-order valence-corrected chi connectivity index (χ0v) is 15.4. The molecule has 7 nitrogen and oxygen atoms in total. The Kier molecular flexibility index (Phi) is 5.15. The van der Waals surface area contributed by atoms with E-state index in [1.165, 1.54) is 6.26 Å². The minimum Gasteiger partial charge on any atom is -0.459 e. The van der Waals surface area contributed by atoms with Crippen LogP contribution in [0.2, 0.25) is 0 Å². The van der Waals surface area contributed by atoms with Gasteiger partial charge in [0.1, 0.15) is 5.54 Å². The molecule has 7 heteroatoms. The lowest BCUT2D eigenvalue weighted by Crippen LogP contribution is -2.68. The van der Waals surface area contributed by atoms with E-state index in [1.54, 1.807) is 17.0 Å². The van der Waals surface area contributed by atoms with Crippen LogP contribution in [0.3, 0.4) is 0 Å². The quantitative estimate of drug-likeness (QED) is 0.797. The lowest BCUT2D eigenvalue weighted by atomic mass is 9.82. The Morgan fingerprint density at radius 2 is 1.96 bits per heavy atom. The van der Waals surface area contributed by atoms with Gasteiger partial charge in [-0.25, -0.2) is 0 Å². The van der Waals surface area contributed by atoms with Gasteiger partial charge in [-0.05, 0) is 46.1 Å². The van der Waals surface area contributed by atoms with Gasteiger partial charge in [0.15, 0.2) is 5.76 Å². The molecule has 0 bridgehead atoms. The molecule has 1 spiro atoms. The van der Waals surface area contributed by atoms with E-state index < -0.39 is 5.54 Å². The van der Waals surface area contributed by atoms with Crippen molar-refractivity contribution in [2.45, 2.75) is 18.4 Å². The minimum absolute atomic E-state index is 0.0878. The van der Waals surface area contributed by atoms with Crippen LogP contribution in [0.5, 0.6) is 0 Å². The lowest BCUT2D eigenvalue weighted by molar-refractivity contribution is -0.153. The molecule has 3 rings (SSSR count). The average Bonchev–Trinajstić information content (AvgIpc) is 3.14. The number of piperidine rings is 1. The van der Waals surface area contributed by atoms with Crippen LogP contribution in [0.1, 0.15) is 23.4 Å². The average molecular weight is 348 g/mol. The largest absolute Gasteiger partial charge is 0.459 e. The third-order valence-corrected chi connectivity index (χ3v) is 5.55. The molecule has 0 aliphatic carbocycles. The molecule has 0 N–H and O–H groups in total. The Morgan fingerprint density at radius 3 is 2.56 bits per heavy atom. The van der Waals surface area contributed by atoms with Crippen LogP contribution in [-0.2, 0) is 4.79 Å². The van der Waals surface area contributed by atoms with E-state index >= 15 is 0 Å². The SMILES string of the molecule is CN(C)CCN1CCN(C)C2(CCN(C(=O)c3ccco3)CC2)C1=O. The highest BCUT2D eigenvalue weighted by atomic mass is 16.3. The third-order valence-electron chi connectivity index (χ3n) is 5.55. The number of piperazine rings is 1. The highest BCUT2D eigenvalue weighted by molar-refractivity contribution is 5.92. The predicted octanol–water partition coefficient (Wildman–Crippen LogP) is 0.590. The molecule has 0 atom stereocenters. The van der Waals surface area contributed by atoms with Crippen LogP contribution in [0.25, 0.3) is 0 Å². The summed E-state index contributed by atoms with van der Waals surface area (Å²) in [5, 5.41) is 0. The second-order valence-corrected chi connectivity index (χ2v) is 7.32. The first-order chi connectivity index (χ1) is 11.9. The minimum atomic E-state index is -0.468. The van der Waals surface area contributed by atoms with Crippen LogP contribution in [0.15, 0.2) is 22.8 Å². The summed E-state index contributed by atoms with van der Waals surface area (Å²) in [6, 6.07) is 3.41. The second kappa shape index (κ2) is 7.17. The number of carbonyl (C=O) groups excluding carboxylic acids is 2. The lowest BCUT2D eigenvalue weighted by Gasteiger charge is -2.51. The highest BCUT2D eigenvalue weighted by Crippen LogP contribution is 2.33. The molecule has 138 valence electrons. The second-order valence-electron chi connectivity index (χ2n) is 7.32. The van der Waals surface area contributed by atoms with E-state index in [1.807, 2.05) is 26.0 Å². The van der Waals surface area contributed by atoms with E-state index in [2.05, 4.69) is 9.80 Å². The molecule has 0 saturated carbocycles. The van der Waals surface area contributed by atoms with E-state index in [-0.39, 0.29) is 11.8 Å². The van der Waals surface area contributed by atoms with Gasteiger partial charge in [-0.15, -0.1) is 0 Å². The molecule has 1 aromatic rings. The molecule has 0 aromatic carbocycles. The summed E-state index contributed by atoms with van der Waals surface area (Å²) in [6.07, 6.45) is 2.86. The van der Waals surface area contributed by atoms with Crippen LogP contribution < -0.4 is 0 Å². The van der Waals surface area contributed by atoms with Crippen molar-refractivity contribution in [3.63, 3.8) is 0 Å². The van der Waals surface area contributed by atoms with Crippen molar-refractivity contribution in [3.05, 3.63) is 24.2 Å². The van der Waals surface area contributed by atoms with Crippen LogP contribution in [0, 0.1) is 0 Å². The summed E-state index contributed by atoms with van der Waals surface area (Å²) in [5.74, 6) is 0.496. The number of rotatable bonds is 4. The zero-order chi connectivity index (χ0) is 18.0. The fourth-order valence-electron chi connectivity index (χ4n) is 3.81. The van der Waals surface area contributed by atoms with Crippen molar-refractivity contribution in [1.82, 2.24) is 19.6 Å². The molecule has 2 aliphatic rings. The fourth-order valence-corrected chi connectivity index (χ4v) is 3.81. The molecule has 0 unspecified atom stereocenters. The Balaban J connectivity index is 1.67. The van der Waals surface area contributed by atoms with Crippen LogP contribution in [-0.4, -0.2) is 97.4 Å². The van der Waals surface area contributed by atoms with Gasteiger partial charge in [0.05, 0.1) is 6.26 Å². The number of hydrogen-bond donors (Lipinski definition) is 0. The molecular formula is C18H28N4O3. The topological polar surface area (TPSA) is 60.2 Å². The first-order valence-electron chi connectivity index (χ1n) is 8.92. The third kappa shape index (κ3) is 3.43. The molecule has 1 aromatic heterocycles. The van der Waals surface area contributed by atoms with Gasteiger partial charge < -0.3 is 19.1 Å². The van der Waals surface area contributed by atoms with E-state index in [0.29, 0.717) is 31.7 Å². The highest BCUT2D eigenvalue weighted by Gasteiger charge is 2.49. The van der Waals surface area contributed by atoms with Crippen LogP contribution in [0.4, 0.5) is 0 Å². The monoisotopic (exact) mass is 348 g/mol. The maximum atomic E-state index is 13.2. The fraction of sp³-hybridized carbons (Fsp3) is 0.667. The van der Waals surface area contributed by atoms with Crippen molar-refractivity contribution in [2.75, 3.05) is 60.4 Å². The van der Waals surface area contributed by atoms with Gasteiger partial charge >= 0.3 is 0 Å². The van der Waals surface area contributed by atoms with Crippen molar-refractivity contribution in [3.8, 4) is 0 Å². The first-order valence-corrected chi connectivity index (χ1v) is 8.92. The molecule has 2 amide bonds. The summed E-state index contributed by atoms with van der Waals surface area (Å²) in [7, 11) is 6.08. The normalized spacial score (nSPS) is 21.4. The zero-order valence-electron chi connectivity index (χ0n) is 15.4. The Morgan fingerprint density at radius 1 is 1.24 bits per heavy atom. The number of amides is 2. The number of nitrogens with zero attached hydrogens (tertiary/aromatic N) is 4. The summed E-state index contributed by atoms with van der Waals surface area (Å²) in [4.78, 5) is 33.7.